The number of rotatable bonds is 1. The molecule has 0 aliphatic carbocycles. The molecule has 2 heterocycles. The van der Waals surface area contributed by atoms with Gasteiger partial charge in [-0.05, 0) is 22.0 Å². The molecule has 74 valence electrons. The number of pyridine rings is 1. The first-order valence-corrected chi connectivity index (χ1v) is 5.63. The van der Waals surface area contributed by atoms with Gasteiger partial charge in [-0.1, -0.05) is 0 Å². The largest absolute Gasteiger partial charge is 0.391 e. The molecule has 0 saturated carbocycles. The van der Waals surface area contributed by atoms with Crippen LogP contribution < -0.4 is 5.56 Å². The first-order valence-electron chi connectivity index (χ1n) is 4.02. The molecule has 1 N–H and O–H groups in total. The quantitative estimate of drug-likeness (QED) is 0.862. The number of thiophene rings is 1. The molecule has 0 aromatic carbocycles. The van der Waals surface area contributed by atoms with Crippen LogP contribution in [0.3, 0.4) is 0 Å². The van der Waals surface area contributed by atoms with Crippen LogP contribution in [0.2, 0.25) is 0 Å². The lowest BCUT2D eigenvalue weighted by Crippen LogP contribution is -2.14. The van der Waals surface area contributed by atoms with Gasteiger partial charge in [-0.25, -0.2) is 0 Å². The Labute approximate surface area is 92.7 Å². The van der Waals surface area contributed by atoms with Gasteiger partial charge < -0.3 is 9.67 Å². The number of halogens is 1. The van der Waals surface area contributed by atoms with Crippen LogP contribution in [-0.4, -0.2) is 9.67 Å². The van der Waals surface area contributed by atoms with Gasteiger partial charge in [0, 0.05) is 28.0 Å². The summed E-state index contributed by atoms with van der Waals surface area (Å²) in [7, 11) is 1.71. The zero-order chi connectivity index (χ0) is 10.3. The Balaban J connectivity index is 2.91. The van der Waals surface area contributed by atoms with E-state index < -0.39 is 0 Å². The summed E-state index contributed by atoms with van der Waals surface area (Å²) in [6.45, 7) is -0.0189. The Morgan fingerprint density at radius 1 is 1.64 bits per heavy atom. The van der Waals surface area contributed by atoms with Gasteiger partial charge in [0.05, 0.1) is 6.61 Å². The summed E-state index contributed by atoms with van der Waals surface area (Å²) < 4.78 is 3.10. The highest BCUT2D eigenvalue weighted by Gasteiger charge is 2.09. The molecule has 0 aliphatic heterocycles. The molecule has 0 radical (unpaired) electrons. The second-order valence-corrected chi connectivity index (χ2v) is 5.00. The summed E-state index contributed by atoms with van der Waals surface area (Å²) in [6.07, 6.45) is 1.73. The Bertz CT molecular complexity index is 543. The average molecular weight is 274 g/mol. The fourth-order valence-corrected chi connectivity index (χ4v) is 3.08. The van der Waals surface area contributed by atoms with Crippen LogP contribution in [0, 0.1) is 0 Å². The molecule has 0 bridgehead atoms. The van der Waals surface area contributed by atoms with Gasteiger partial charge in [0.2, 0.25) is 0 Å². The lowest BCUT2D eigenvalue weighted by atomic mass is 10.3. The van der Waals surface area contributed by atoms with Gasteiger partial charge in [-0.15, -0.1) is 11.3 Å². The maximum atomic E-state index is 11.7. The van der Waals surface area contributed by atoms with Gasteiger partial charge in [0.25, 0.3) is 5.56 Å². The van der Waals surface area contributed by atoms with Crippen LogP contribution in [0.25, 0.3) is 10.1 Å². The zero-order valence-corrected chi connectivity index (χ0v) is 9.85. The predicted octanol–water partition coefficient (Wildman–Crippen LogP) is 1.85. The number of nitrogens with zero attached hydrogens (tertiary/aromatic N) is 1. The topological polar surface area (TPSA) is 42.2 Å². The predicted molar refractivity (Wildman–Crippen MR) is 60.7 cm³/mol. The number of aliphatic hydroxyl groups is 1. The zero-order valence-electron chi connectivity index (χ0n) is 7.45. The number of aliphatic hydroxyl groups excluding tert-OH is 1. The van der Waals surface area contributed by atoms with Crippen molar-refractivity contribution in [2.24, 2.45) is 7.05 Å². The maximum absolute atomic E-state index is 11.7. The van der Waals surface area contributed by atoms with Crippen molar-refractivity contribution in [2.45, 2.75) is 6.61 Å². The standard InChI is InChI=1S/C9H8BrNO2S/c1-11-3-7(10)6-2-5(4-12)14-8(6)9(11)13/h2-3,12H,4H2,1H3. The van der Waals surface area contributed by atoms with Crippen LogP contribution in [0.4, 0.5) is 0 Å². The SMILES string of the molecule is Cn1cc(Br)c2cc(CO)sc2c1=O. The highest BCUT2D eigenvalue weighted by Crippen LogP contribution is 2.28. The van der Waals surface area contributed by atoms with Gasteiger partial charge in [-0.3, -0.25) is 4.79 Å². The molecule has 0 saturated heterocycles. The summed E-state index contributed by atoms with van der Waals surface area (Å²) >= 11 is 4.73. The minimum Gasteiger partial charge on any atom is -0.391 e. The van der Waals surface area contributed by atoms with Crippen molar-refractivity contribution in [1.82, 2.24) is 4.57 Å². The lowest BCUT2D eigenvalue weighted by Gasteiger charge is -1.98. The molecule has 0 fully saturated rings. The Morgan fingerprint density at radius 2 is 2.36 bits per heavy atom. The van der Waals surface area contributed by atoms with Gasteiger partial charge in [0.1, 0.15) is 4.70 Å². The molecule has 0 amide bonds. The normalized spacial score (nSPS) is 11.1. The van der Waals surface area contributed by atoms with Crippen molar-refractivity contribution in [3.63, 3.8) is 0 Å². The Morgan fingerprint density at radius 3 is 3.00 bits per heavy atom. The molecule has 0 spiro atoms. The highest BCUT2D eigenvalue weighted by molar-refractivity contribution is 9.10. The number of fused-ring (bicyclic) bond motifs is 1. The third kappa shape index (κ3) is 1.41. The van der Waals surface area contributed by atoms with Crippen molar-refractivity contribution in [3.05, 3.63) is 32.0 Å². The van der Waals surface area contributed by atoms with Crippen molar-refractivity contribution < 1.29 is 5.11 Å². The van der Waals surface area contributed by atoms with E-state index in [1.807, 2.05) is 6.07 Å². The van der Waals surface area contributed by atoms with Crippen LogP contribution in [0.15, 0.2) is 21.5 Å². The summed E-state index contributed by atoms with van der Waals surface area (Å²) in [5.74, 6) is 0. The highest BCUT2D eigenvalue weighted by atomic mass is 79.9. The minimum atomic E-state index is -0.0205. The van der Waals surface area contributed by atoms with Gasteiger partial charge in [-0.2, -0.15) is 0 Å². The van der Waals surface area contributed by atoms with E-state index in [0.717, 1.165) is 14.7 Å². The molecule has 0 unspecified atom stereocenters. The fraction of sp³-hybridized carbons (Fsp3) is 0.222. The number of hydrogen-bond acceptors (Lipinski definition) is 3. The molecule has 14 heavy (non-hydrogen) atoms. The van der Waals surface area contributed by atoms with E-state index in [-0.39, 0.29) is 12.2 Å². The third-order valence-electron chi connectivity index (χ3n) is 2.02. The lowest BCUT2D eigenvalue weighted by molar-refractivity contribution is 0.285. The smallest absolute Gasteiger partial charge is 0.268 e. The number of aryl methyl sites for hydroxylation is 1. The van der Waals surface area contributed by atoms with E-state index in [0.29, 0.717) is 4.70 Å². The molecular formula is C9H8BrNO2S. The third-order valence-corrected chi connectivity index (χ3v) is 3.76. The molecule has 2 aromatic rings. The van der Waals surface area contributed by atoms with E-state index in [1.54, 1.807) is 13.2 Å². The molecule has 0 aliphatic rings. The van der Waals surface area contributed by atoms with Gasteiger partial charge in [0.15, 0.2) is 0 Å². The van der Waals surface area contributed by atoms with Crippen LogP contribution in [0.5, 0.6) is 0 Å². The summed E-state index contributed by atoms with van der Waals surface area (Å²) in [5.41, 5.74) is -0.0205. The van der Waals surface area contributed by atoms with Crippen LogP contribution >= 0.6 is 27.3 Å². The maximum Gasteiger partial charge on any atom is 0.268 e. The molecule has 2 aromatic heterocycles. The first kappa shape index (κ1) is 9.89. The average Bonchev–Trinajstić information content (AvgIpc) is 2.58. The minimum absolute atomic E-state index is 0.0189. The summed E-state index contributed by atoms with van der Waals surface area (Å²) in [6, 6.07) is 1.84. The van der Waals surface area contributed by atoms with Gasteiger partial charge >= 0.3 is 0 Å². The van der Waals surface area contributed by atoms with E-state index in [4.69, 9.17) is 5.11 Å². The fourth-order valence-electron chi connectivity index (χ4n) is 1.31. The van der Waals surface area contributed by atoms with Crippen molar-refractivity contribution in [2.75, 3.05) is 0 Å². The van der Waals surface area contributed by atoms with E-state index in [2.05, 4.69) is 15.9 Å². The second-order valence-electron chi connectivity index (χ2n) is 3.01. The summed E-state index contributed by atoms with van der Waals surface area (Å²) in [5, 5.41) is 9.85. The van der Waals surface area contributed by atoms with Crippen LogP contribution in [-0.2, 0) is 13.7 Å². The Hall–Kier alpha value is -0.650. The molecule has 5 heteroatoms. The summed E-state index contributed by atoms with van der Waals surface area (Å²) in [4.78, 5) is 12.5. The van der Waals surface area contributed by atoms with E-state index >= 15 is 0 Å². The Kier molecular flexibility index (Phi) is 2.47. The van der Waals surface area contributed by atoms with Crippen LogP contribution in [0.1, 0.15) is 4.88 Å². The van der Waals surface area contributed by atoms with Crippen molar-refractivity contribution >= 4 is 37.4 Å². The molecule has 2 rings (SSSR count). The molecule has 3 nitrogen and oxygen atoms in total. The molecule has 0 atom stereocenters. The monoisotopic (exact) mass is 273 g/mol. The van der Waals surface area contributed by atoms with Crippen molar-refractivity contribution in [3.8, 4) is 0 Å². The second kappa shape index (κ2) is 3.49. The number of hydrogen-bond donors (Lipinski definition) is 1. The van der Waals surface area contributed by atoms with Crippen molar-refractivity contribution in [1.29, 1.82) is 0 Å². The first-order chi connectivity index (χ1) is 6.63. The van der Waals surface area contributed by atoms with E-state index in [9.17, 15) is 4.79 Å². The van der Waals surface area contributed by atoms with E-state index in [1.165, 1.54) is 15.9 Å². The number of aromatic nitrogens is 1. The molecular weight excluding hydrogens is 266 g/mol.